The van der Waals surface area contributed by atoms with Crippen LogP contribution in [0.25, 0.3) is 16.8 Å². The Bertz CT molecular complexity index is 984. The minimum absolute atomic E-state index is 0.119. The molecule has 24 heavy (non-hydrogen) atoms. The standard InChI is InChI=1S/C17H20N6O/c1-2-14-18-17-20-19-15-13(23(17)21-14)9-11-22(16(15)24)10-8-12-6-4-3-5-7-12/h6,9,11H,2-5,7-8,10H2,1H3. The van der Waals surface area contributed by atoms with Gasteiger partial charge in [-0.15, -0.1) is 15.3 Å². The number of allylic oxidation sites excluding steroid dienone is 2. The molecule has 0 fully saturated rings. The summed E-state index contributed by atoms with van der Waals surface area (Å²) in [6.07, 6.45) is 10.6. The molecule has 0 saturated heterocycles. The summed E-state index contributed by atoms with van der Waals surface area (Å²) in [6, 6.07) is 1.88. The number of rotatable bonds is 4. The predicted octanol–water partition coefficient (Wildman–Crippen LogP) is 2.29. The molecule has 0 atom stereocenters. The van der Waals surface area contributed by atoms with Gasteiger partial charge in [0.1, 0.15) is 5.52 Å². The number of aryl methyl sites for hydroxylation is 2. The summed E-state index contributed by atoms with van der Waals surface area (Å²) >= 11 is 0. The van der Waals surface area contributed by atoms with Gasteiger partial charge in [0.25, 0.3) is 11.3 Å². The van der Waals surface area contributed by atoms with Gasteiger partial charge in [-0.2, -0.15) is 9.50 Å². The minimum Gasteiger partial charge on any atom is -0.313 e. The molecular weight excluding hydrogens is 304 g/mol. The van der Waals surface area contributed by atoms with Crippen LogP contribution in [0, 0.1) is 0 Å². The third-order valence-electron chi connectivity index (χ3n) is 4.60. The Morgan fingerprint density at radius 3 is 2.96 bits per heavy atom. The van der Waals surface area contributed by atoms with E-state index in [-0.39, 0.29) is 5.56 Å². The van der Waals surface area contributed by atoms with Gasteiger partial charge in [-0.05, 0) is 38.2 Å². The van der Waals surface area contributed by atoms with Crippen molar-refractivity contribution in [3.05, 3.63) is 40.1 Å². The summed E-state index contributed by atoms with van der Waals surface area (Å²) in [5, 5.41) is 12.5. The number of aromatic nitrogens is 6. The van der Waals surface area contributed by atoms with E-state index in [2.05, 4.69) is 26.4 Å². The van der Waals surface area contributed by atoms with Gasteiger partial charge in [0.2, 0.25) is 0 Å². The first-order valence-corrected chi connectivity index (χ1v) is 8.55. The van der Waals surface area contributed by atoms with Crippen molar-refractivity contribution in [2.24, 2.45) is 0 Å². The first-order valence-electron chi connectivity index (χ1n) is 8.55. The van der Waals surface area contributed by atoms with Crippen LogP contribution in [-0.4, -0.2) is 29.4 Å². The third-order valence-corrected chi connectivity index (χ3v) is 4.60. The second-order valence-electron chi connectivity index (χ2n) is 6.20. The maximum absolute atomic E-state index is 12.7. The molecule has 0 saturated carbocycles. The van der Waals surface area contributed by atoms with Gasteiger partial charge in [0.05, 0.1) is 0 Å². The van der Waals surface area contributed by atoms with Gasteiger partial charge < -0.3 is 4.57 Å². The van der Waals surface area contributed by atoms with Gasteiger partial charge >= 0.3 is 0 Å². The highest BCUT2D eigenvalue weighted by Crippen LogP contribution is 2.20. The summed E-state index contributed by atoms with van der Waals surface area (Å²) < 4.78 is 3.33. The highest BCUT2D eigenvalue weighted by Gasteiger charge is 2.12. The molecule has 0 amide bonds. The van der Waals surface area contributed by atoms with Gasteiger partial charge in [0.15, 0.2) is 11.3 Å². The second-order valence-corrected chi connectivity index (χ2v) is 6.20. The van der Waals surface area contributed by atoms with Crippen molar-refractivity contribution < 1.29 is 0 Å². The monoisotopic (exact) mass is 324 g/mol. The fraction of sp³-hybridized carbons (Fsp3) is 0.471. The topological polar surface area (TPSA) is 78.0 Å². The Hall–Kier alpha value is -2.57. The van der Waals surface area contributed by atoms with E-state index in [0.717, 1.165) is 25.7 Å². The van der Waals surface area contributed by atoms with E-state index in [1.54, 1.807) is 9.08 Å². The van der Waals surface area contributed by atoms with Crippen molar-refractivity contribution >= 4 is 16.8 Å². The largest absolute Gasteiger partial charge is 0.313 e. The van der Waals surface area contributed by atoms with E-state index in [4.69, 9.17) is 0 Å². The fourth-order valence-corrected chi connectivity index (χ4v) is 3.21. The van der Waals surface area contributed by atoms with E-state index in [0.29, 0.717) is 29.2 Å². The Kier molecular flexibility index (Phi) is 3.84. The smallest absolute Gasteiger partial charge is 0.280 e. The van der Waals surface area contributed by atoms with Crippen LogP contribution in [0.4, 0.5) is 0 Å². The van der Waals surface area contributed by atoms with Crippen LogP contribution < -0.4 is 5.56 Å². The highest BCUT2D eigenvalue weighted by molar-refractivity contribution is 5.74. The molecular formula is C17H20N6O. The molecule has 0 radical (unpaired) electrons. The van der Waals surface area contributed by atoms with Crippen molar-refractivity contribution in [3.8, 4) is 0 Å². The van der Waals surface area contributed by atoms with Crippen molar-refractivity contribution in [1.29, 1.82) is 0 Å². The Morgan fingerprint density at radius 1 is 1.25 bits per heavy atom. The Morgan fingerprint density at radius 2 is 2.17 bits per heavy atom. The zero-order valence-electron chi connectivity index (χ0n) is 13.8. The lowest BCUT2D eigenvalue weighted by atomic mass is 9.97. The molecule has 0 aromatic carbocycles. The maximum atomic E-state index is 12.7. The lowest BCUT2D eigenvalue weighted by molar-refractivity contribution is 0.615. The second kappa shape index (κ2) is 6.14. The molecule has 7 nitrogen and oxygen atoms in total. The maximum Gasteiger partial charge on any atom is 0.280 e. The molecule has 124 valence electrons. The quantitative estimate of drug-likeness (QED) is 0.688. The van der Waals surface area contributed by atoms with Gasteiger partial charge in [-0.1, -0.05) is 18.6 Å². The molecule has 0 N–H and O–H groups in total. The summed E-state index contributed by atoms with van der Waals surface area (Å²) in [6.45, 7) is 2.66. The van der Waals surface area contributed by atoms with Crippen LogP contribution in [0.3, 0.4) is 0 Å². The number of hydrogen-bond donors (Lipinski definition) is 0. The minimum atomic E-state index is -0.119. The van der Waals surface area contributed by atoms with Crippen LogP contribution in [-0.2, 0) is 13.0 Å². The molecule has 3 aromatic heterocycles. The van der Waals surface area contributed by atoms with Crippen LogP contribution in [0.5, 0.6) is 0 Å². The average Bonchev–Trinajstić information content (AvgIpc) is 3.06. The molecule has 0 aliphatic heterocycles. The molecule has 4 rings (SSSR count). The Balaban J connectivity index is 1.70. The van der Waals surface area contributed by atoms with E-state index >= 15 is 0 Å². The average molecular weight is 324 g/mol. The summed E-state index contributed by atoms with van der Waals surface area (Å²) in [5.41, 5.74) is 2.34. The van der Waals surface area contributed by atoms with Crippen molar-refractivity contribution in [2.45, 2.75) is 52.0 Å². The number of hydrogen-bond acceptors (Lipinski definition) is 5. The molecule has 3 aromatic rings. The van der Waals surface area contributed by atoms with Gasteiger partial charge in [0, 0.05) is 19.2 Å². The molecule has 0 spiro atoms. The molecule has 3 heterocycles. The van der Waals surface area contributed by atoms with Gasteiger partial charge in [-0.3, -0.25) is 4.79 Å². The van der Waals surface area contributed by atoms with Gasteiger partial charge in [-0.25, -0.2) is 0 Å². The summed E-state index contributed by atoms with van der Waals surface area (Å²) in [7, 11) is 0. The van der Waals surface area contributed by atoms with E-state index in [1.165, 1.54) is 18.4 Å². The lowest BCUT2D eigenvalue weighted by Gasteiger charge is -2.13. The zero-order chi connectivity index (χ0) is 16.5. The van der Waals surface area contributed by atoms with Crippen LogP contribution >= 0.6 is 0 Å². The van der Waals surface area contributed by atoms with E-state index in [1.807, 2.05) is 19.2 Å². The normalized spacial score (nSPS) is 15.1. The van der Waals surface area contributed by atoms with Crippen LogP contribution in [0.2, 0.25) is 0 Å². The first kappa shape index (κ1) is 15.0. The fourth-order valence-electron chi connectivity index (χ4n) is 3.21. The number of nitrogens with zero attached hydrogens (tertiary/aromatic N) is 6. The first-order chi connectivity index (χ1) is 11.8. The van der Waals surface area contributed by atoms with Crippen molar-refractivity contribution in [3.63, 3.8) is 0 Å². The van der Waals surface area contributed by atoms with E-state index in [9.17, 15) is 4.79 Å². The molecule has 1 aliphatic carbocycles. The van der Waals surface area contributed by atoms with Crippen LogP contribution in [0.15, 0.2) is 28.7 Å². The SMILES string of the molecule is CCc1nc2nnc3c(=O)n(CCC4=CCCCC4)ccc3n2n1. The van der Waals surface area contributed by atoms with Crippen LogP contribution in [0.1, 0.15) is 44.9 Å². The number of pyridine rings is 1. The molecule has 0 unspecified atom stereocenters. The predicted molar refractivity (Wildman–Crippen MR) is 90.9 cm³/mol. The highest BCUT2D eigenvalue weighted by atomic mass is 16.1. The molecule has 0 bridgehead atoms. The van der Waals surface area contributed by atoms with Crippen molar-refractivity contribution in [1.82, 2.24) is 29.4 Å². The summed E-state index contributed by atoms with van der Waals surface area (Å²) in [4.78, 5) is 17.0. The zero-order valence-corrected chi connectivity index (χ0v) is 13.8. The number of fused-ring (bicyclic) bond motifs is 3. The molecule has 1 aliphatic rings. The van der Waals surface area contributed by atoms with E-state index < -0.39 is 0 Å². The summed E-state index contributed by atoms with van der Waals surface area (Å²) in [5.74, 6) is 1.13. The lowest BCUT2D eigenvalue weighted by Crippen LogP contribution is -2.22. The third kappa shape index (κ3) is 2.60. The Labute approximate surface area is 139 Å². The van der Waals surface area contributed by atoms with Crippen molar-refractivity contribution in [2.75, 3.05) is 0 Å². The molecule has 7 heteroatoms.